The second kappa shape index (κ2) is 11.3. The fourth-order valence-corrected chi connectivity index (χ4v) is 4.59. The smallest absolute Gasteiger partial charge is 0.224 e. The van der Waals surface area contributed by atoms with Crippen LogP contribution in [0.4, 0.5) is 4.39 Å². The minimum atomic E-state index is -1.28. The minimum absolute atomic E-state index is 0.112. The van der Waals surface area contributed by atoms with E-state index in [1.54, 1.807) is 29.8 Å². The second-order valence-electron chi connectivity index (χ2n) is 9.28. The Hall–Kier alpha value is -3.11. The number of phenols is 1. The van der Waals surface area contributed by atoms with Gasteiger partial charge < -0.3 is 14.9 Å². The Balaban J connectivity index is 1.30. The molecule has 0 bridgehead atoms. The first-order valence-electron chi connectivity index (χ1n) is 12.1. The van der Waals surface area contributed by atoms with E-state index < -0.39 is 6.29 Å². The molecular weight excluding hydrogens is 427 g/mol. The van der Waals surface area contributed by atoms with Gasteiger partial charge in [-0.3, -0.25) is 0 Å². The molecule has 0 fully saturated rings. The molecule has 2 aliphatic rings. The number of rotatable bonds is 9. The number of halogens is 1. The fourth-order valence-electron chi connectivity index (χ4n) is 4.59. The minimum Gasteiger partial charge on any atom is -0.508 e. The van der Waals surface area contributed by atoms with Crippen molar-refractivity contribution in [3.05, 3.63) is 107 Å². The molecule has 0 radical (unpaired) electrons. The van der Waals surface area contributed by atoms with Crippen LogP contribution in [0.1, 0.15) is 62.9 Å². The number of aliphatic hydroxyl groups is 1. The van der Waals surface area contributed by atoms with Crippen LogP contribution in [0.3, 0.4) is 0 Å². The lowest BCUT2D eigenvalue weighted by molar-refractivity contribution is -0.0197. The van der Waals surface area contributed by atoms with E-state index in [1.807, 2.05) is 0 Å². The van der Waals surface area contributed by atoms with Crippen LogP contribution >= 0.6 is 0 Å². The molecule has 2 atom stereocenters. The summed E-state index contributed by atoms with van der Waals surface area (Å²) < 4.78 is 20.1. The van der Waals surface area contributed by atoms with Gasteiger partial charge in [-0.15, -0.1) is 0 Å². The highest BCUT2D eigenvalue weighted by Crippen LogP contribution is 2.31. The third-order valence-electron chi connectivity index (χ3n) is 6.73. The van der Waals surface area contributed by atoms with Crippen molar-refractivity contribution in [2.75, 3.05) is 0 Å². The van der Waals surface area contributed by atoms with E-state index in [2.05, 4.69) is 37.3 Å². The molecule has 2 aromatic carbocycles. The highest BCUT2D eigenvalue weighted by molar-refractivity contribution is 5.32. The highest BCUT2D eigenvalue weighted by atomic mass is 19.1. The quantitative estimate of drug-likeness (QED) is 0.381. The Morgan fingerprint density at radius 3 is 2.38 bits per heavy atom. The van der Waals surface area contributed by atoms with Crippen LogP contribution in [0.5, 0.6) is 11.5 Å². The SMILES string of the molecule is C[C@@H](CC1=CC=C(CCc2ccc(C(O)Oc3ccc(O)cc3)cc2F)CC1)C1=CC=CCC1. The summed E-state index contributed by atoms with van der Waals surface area (Å²) in [4.78, 5) is 0. The predicted octanol–water partition coefficient (Wildman–Crippen LogP) is 7.48. The summed E-state index contributed by atoms with van der Waals surface area (Å²) in [5, 5.41) is 19.6. The van der Waals surface area contributed by atoms with Crippen molar-refractivity contribution in [2.24, 2.45) is 5.92 Å². The van der Waals surface area contributed by atoms with Crippen LogP contribution in [0.25, 0.3) is 0 Å². The van der Waals surface area contributed by atoms with Crippen LogP contribution in [0.2, 0.25) is 0 Å². The summed E-state index contributed by atoms with van der Waals surface area (Å²) in [5.41, 5.74) is 5.41. The van der Waals surface area contributed by atoms with Gasteiger partial charge in [0.2, 0.25) is 6.29 Å². The van der Waals surface area contributed by atoms with Gasteiger partial charge in [0.15, 0.2) is 0 Å². The normalized spacial score (nSPS) is 17.4. The molecule has 0 aromatic heterocycles. The average molecular weight is 461 g/mol. The van der Waals surface area contributed by atoms with Gasteiger partial charge in [-0.25, -0.2) is 4.39 Å². The molecule has 34 heavy (non-hydrogen) atoms. The van der Waals surface area contributed by atoms with E-state index in [0.717, 1.165) is 32.1 Å². The molecule has 2 aliphatic carbocycles. The number of allylic oxidation sites excluding steroid dienone is 8. The van der Waals surface area contributed by atoms with Crippen molar-refractivity contribution in [1.82, 2.24) is 0 Å². The predicted molar refractivity (Wildman–Crippen MR) is 134 cm³/mol. The summed E-state index contributed by atoms with van der Waals surface area (Å²) in [5.74, 6) is 0.767. The summed E-state index contributed by atoms with van der Waals surface area (Å²) in [6.45, 7) is 2.32. The Kier molecular flexibility index (Phi) is 8.02. The third-order valence-corrected chi connectivity index (χ3v) is 6.73. The van der Waals surface area contributed by atoms with Gasteiger partial charge in [0.1, 0.15) is 17.3 Å². The second-order valence-corrected chi connectivity index (χ2v) is 9.28. The van der Waals surface area contributed by atoms with Crippen molar-refractivity contribution in [3.8, 4) is 11.5 Å². The molecule has 0 amide bonds. The number of hydrogen-bond donors (Lipinski definition) is 2. The average Bonchev–Trinajstić information content (AvgIpc) is 2.86. The van der Waals surface area contributed by atoms with E-state index in [9.17, 15) is 14.6 Å². The first kappa shape index (κ1) is 24.0. The number of aryl methyl sites for hydroxylation is 1. The molecule has 0 spiro atoms. The Morgan fingerprint density at radius 2 is 1.71 bits per heavy atom. The molecule has 2 aromatic rings. The molecule has 0 saturated carbocycles. The van der Waals surface area contributed by atoms with Crippen LogP contribution in [0, 0.1) is 11.7 Å². The zero-order valence-electron chi connectivity index (χ0n) is 19.7. The van der Waals surface area contributed by atoms with Crippen molar-refractivity contribution >= 4 is 0 Å². The van der Waals surface area contributed by atoms with E-state index in [1.165, 1.54) is 35.8 Å². The zero-order chi connectivity index (χ0) is 23.9. The van der Waals surface area contributed by atoms with E-state index in [-0.39, 0.29) is 11.6 Å². The van der Waals surface area contributed by atoms with E-state index >= 15 is 0 Å². The van der Waals surface area contributed by atoms with Crippen LogP contribution < -0.4 is 4.74 Å². The topological polar surface area (TPSA) is 49.7 Å². The fraction of sp³-hybridized carbons (Fsp3) is 0.333. The summed E-state index contributed by atoms with van der Waals surface area (Å²) in [7, 11) is 0. The number of ether oxygens (including phenoxy) is 1. The van der Waals surface area contributed by atoms with E-state index in [4.69, 9.17) is 4.74 Å². The number of hydrogen-bond acceptors (Lipinski definition) is 3. The van der Waals surface area contributed by atoms with Gasteiger partial charge in [-0.2, -0.15) is 0 Å². The number of benzene rings is 2. The van der Waals surface area contributed by atoms with Gasteiger partial charge in [0, 0.05) is 5.56 Å². The lowest BCUT2D eigenvalue weighted by Crippen LogP contribution is -2.07. The van der Waals surface area contributed by atoms with Crippen molar-refractivity contribution in [1.29, 1.82) is 0 Å². The molecule has 4 rings (SSSR count). The molecule has 0 heterocycles. The number of phenolic OH excluding ortho intramolecular Hbond substituents is 1. The molecule has 1 unspecified atom stereocenters. The molecular formula is C30H33FO3. The summed E-state index contributed by atoms with van der Waals surface area (Å²) in [6, 6.07) is 10.8. The monoisotopic (exact) mass is 460 g/mol. The summed E-state index contributed by atoms with van der Waals surface area (Å²) >= 11 is 0. The third kappa shape index (κ3) is 6.48. The highest BCUT2D eigenvalue weighted by Gasteiger charge is 2.16. The molecule has 178 valence electrons. The van der Waals surface area contributed by atoms with Crippen molar-refractivity contribution in [2.45, 2.75) is 58.2 Å². The Labute approximate surface area is 201 Å². The molecule has 3 nitrogen and oxygen atoms in total. The Bertz CT molecular complexity index is 1110. The van der Waals surface area contributed by atoms with Gasteiger partial charge in [0.25, 0.3) is 0 Å². The van der Waals surface area contributed by atoms with Crippen molar-refractivity contribution in [3.63, 3.8) is 0 Å². The molecule has 4 heteroatoms. The summed E-state index contributed by atoms with van der Waals surface area (Å²) in [6.07, 6.45) is 16.9. The standard InChI is InChI=1S/C30H33FO3/c1-21(24-5-3-2-4-6-24)19-23-9-7-22(8-10-23)11-12-25-13-14-26(20-29(25)31)30(33)34-28-17-15-27(32)16-18-28/h2-3,5,7,9,13-18,20-21,30,32-33H,4,6,8,10-12,19H2,1H3/t21-,30?/m0/s1. The first-order valence-corrected chi connectivity index (χ1v) is 12.1. The lowest BCUT2D eigenvalue weighted by atomic mass is 9.84. The molecule has 2 N–H and O–H groups in total. The maximum Gasteiger partial charge on any atom is 0.224 e. The van der Waals surface area contributed by atoms with Gasteiger partial charge in [-0.1, -0.05) is 66.2 Å². The number of aromatic hydroxyl groups is 1. The van der Waals surface area contributed by atoms with Crippen molar-refractivity contribution < 1.29 is 19.3 Å². The van der Waals surface area contributed by atoms with Crippen LogP contribution in [-0.2, 0) is 6.42 Å². The largest absolute Gasteiger partial charge is 0.508 e. The van der Waals surface area contributed by atoms with Gasteiger partial charge >= 0.3 is 0 Å². The number of aliphatic hydroxyl groups excluding tert-OH is 1. The van der Waals surface area contributed by atoms with Gasteiger partial charge in [-0.05, 0) is 86.8 Å². The van der Waals surface area contributed by atoms with Crippen LogP contribution in [0.15, 0.2) is 89.6 Å². The first-order chi connectivity index (χ1) is 16.5. The Morgan fingerprint density at radius 1 is 0.941 bits per heavy atom. The maximum absolute atomic E-state index is 14.7. The lowest BCUT2D eigenvalue weighted by Gasteiger charge is -2.21. The van der Waals surface area contributed by atoms with E-state index in [0.29, 0.717) is 29.2 Å². The van der Waals surface area contributed by atoms with Gasteiger partial charge in [0.05, 0.1) is 0 Å². The zero-order valence-corrected chi connectivity index (χ0v) is 19.7. The van der Waals surface area contributed by atoms with Crippen LogP contribution in [-0.4, -0.2) is 10.2 Å². The molecule has 0 saturated heterocycles. The maximum atomic E-state index is 14.7. The molecule has 0 aliphatic heterocycles.